The number of nitrogens with zero attached hydrogens (tertiary/aromatic N) is 1. The van der Waals surface area contributed by atoms with Crippen LogP contribution in [0.5, 0.6) is 0 Å². The summed E-state index contributed by atoms with van der Waals surface area (Å²) in [6.45, 7) is 1.66. The maximum atomic E-state index is 10.7. The van der Waals surface area contributed by atoms with Crippen LogP contribution in [0.3, 0.4) is 0 Å². The molecule has 0 aliphatic carbocycles. The molecule has 0 fully saturated rings. The van der Waals surface area contributed by atoms with E-state index in [-0.39, 0.29) is 12.3 Å². The molecule has 88 valence electrons. The second-order valence-electron chi connectivity index (χ2n) is 3.68. The van der Waals surface area contributed by atoms with Gasteiger partial charge in [0.2, 0.25) is 0 Å². The molecule has 1 N–H and O–H groups in total. The van der Waals surface area contributed by atoms with Gasteiger partial charge >= 0.3 is 0 Å². The number of furan rings is 1. The van der Waals surface area contributed by atoms with E-state index in [0.29, 0.717) is 17.1 Å². The molecule has 1 aromatic carbocycles. The van der Waals surface area contributed by atoms with Gasteiger partial charge in [-0.3, -0.25) is 10.1 Å². The number of benzene rings is 1. The van der Waals surface area contributed by atoms with Gasteiger partial charge in [0.1, 0.15) is 18.1 Å². The molecule has 0 spiro atoms. The van der Waals surface area contributed by atoms with E-state index < -0.39 is 4.92 Å². The first-order chi connectivity index (χ1) is 8.11. The van der Waals surface area contributed by atoms with E-state index in [9.17, 15) is 10.1 Å². The molecule has 0 aliphatic rings. The van der Waals surface area contributed by atoms with Crippen molar-refractivity contribution in [1.29, 1.82) is 0 Å². The van der Waals surface area contributed by atoms with Gasteiger partial charge < -0.3 is 9.52 Å². The third kappa shape index (κ3) is 2.19. The minimum absolute atomic E-state index is 0.0209. The Labute approximate surface area is 97.5 Å². The predicted octanol–water partition coefficient (Wildman–Crippen LogP) is 2.66. The van der Waals surface area contributed by atoms with Gasteiger partial charge in [0.15, 0.2) is 0 Å². The van der Waals surface area contributed by atoms with E-state index in [1.165, 1.54) is 12.1 Å². The highest BCUT2D eigenvalue weighted by molar-refractivity contribution is 5.65. The van der Waals surface area contributed by atoms with Crippen molar-refractivity contribution < 1.29 is 14.4 Å². The van der Waals surface area contributed by atoms with Gasteiger partial charge in [0.05, 0.1) is 4.92 Å². The Morgan fingerprint density at radius 3 is 2.71 bits per heavy atom. The van der Waals surface area contributed by atoms with Gasteiger partial charge in [-0.15, -0.1) is 0 Å². The van der Waals surface area contributed by atoms with Crippen molar-refractivity contribution in [2.45, 2.75) is 13.5 Å². The maximum absolute atomic E-state index is 10.7. The third-order valence-electron chi connectivity index (χ3n) is 2.51. The highest BCUT2D eigenvalue weighted by Gasteiger charge is 2.12. The molecule has 1 aromatic heterocycles. The Morgan fingerprint density at radius 1 is 1.35 bits per heavy atom. The van der Waals surface area contributed by atoms with Gasteiger partial charge in [0, 0.05) is 17.7 Å². The van der Waals surface area contributed by atoms with Gasteiger partial charge in [-0.2, -0.15) is 0 Å². The zero-order valence-electron chi connectivity index (χ0n) is 9.21. The zero-order valence-corrected chi connectivity index (χ0v) is 9.21. The lowest BCUT2D eigenvalue weighted by molar-refractivity contribution is -0.384. The van der Waals surface area contributed by atoms with Crippen LogP contribution in [0.2, 0.25) is 0 Å². The van der Waals surface area contributed by atoms with Gasteiger partial charge in [-0.25, -0.2) is 0 Å². The fourth-order valence-electron chi connectivity index (χ4n) is 1.60. The quantitative estimate of drug-likeness (QED) is 0.653. The van der Waals surface area contributed by atoms with Crippen molar-refractivity contribution in [3.63, 3.8) is 0 Å². The molecule has 0 amide bonds. The van der Waals surface area contributed by atoms with Crippen LogP contribution in [0, 0.1) is 17.0 Å². The average molecular weight is 233 g/mol. The molecule has 17 heavy (non-hydrogen) atoms. The molecule has 0 bridgehead atoms. The third-order valence-corrected chi connectivity index (χ3v) is 2.51. The largest absolute Gasteiger partial charge is 0.459 e. The second-order valence-corrected chi connectivity index (χ2v) is 3.68. The predicted molar refractivity (Wildman–Crippen MR) is 61.5 cm³/mol. The van der Waals surface area contributed by atoms with Gasteiger partial charge in [0.25, 0.3) is 5.69 Å². The van der Waals surface area contributed by atoms with E-state index in [4.69, 9.17) is 9.52 Å². The molecule has 0 saturated carbocycles. The first-order valence-corrected chi connectivity index (χ1v) is 5.07. The molecule has 0 unspecified atom stereocenters. The Morgan fingerprint density at radius 2 is 2.12 bits per heavy atom. The van der Waals surface area contributed by atoms with E-state index in [0.717, 1.165) is 5.56 Å². The molecule has 0 atom stereocenters. The van der Waals surface area contributed by atoms with Gasteiger partial charge in [-0.1, -0.05) is 6.07 Å². The maximum Gasteiger partial charge on any atom is 0.270 e. The summed E-state index contributed by atoms with van der Waals surface area (Å²) in [5, 5.41) is 19.6. The van der Waals surface area contributed by atoms with E-state index in [1.807, 2.05) is 6.92 Å². The van der Waals surface area contributed by atoms with Crippen LogP contribution < -0.4 is 0 Å². The number of rotatable bonds is 3. The van der Waals surface area contributed by atoms with Crippen molar-refractivity contribution in [3.8, 4) is 11.3 Å². The van der Waals surface area contributed by atoms with E-state index in [2.05, 4.69) is 0 Å². The molecule has 2 rings (SSSR count). The molecular weight excluding hydrogens is 222 g/mol. The van der Waals surface area contributed by atoms with Crippen molar-refractivity contribution >= 4 is 5.69 Å². The van der Waals surface area contributed by atoms with E-state index >= 15 is 0 Å². The minimum atomic E-state index is -0.446. The van der Waals surface area contributed by atoms with Crippen molar-refractivity contribution in [3.05, 3.63) is 51.8 Å². The van der Waals surface area contributed by atoms with Crippen LogP contribution in [-0.4, -0.2) is 10.0 Å². The summed E-state index contributed by atoms with van der Waals surface area (Å²) in [5.74, 6) is 0.959. The van der Waals surface area contributed by atoms with E-state index in [1.54, 1.807) is 18.2 Å². The Bertz CT molecular complexity index is 559. The highest BCUT2D eigenvalue weighted by Crippen LogP contribution is 2.29. The van der Waals surface area contributed by atoms with Gasteiger partial charge in [-0.05, 0) is 24.6 Å². The molecular formula is C12H11NO4. The molecule has 5 nitrogen and oxygen atoms in total. The number of nitro benzene ring substituents is 1. The second kappa shape index (κ2) is 4.39. The summed E-state index contributed by atoms with van der Waals surface area (Å²) >= 11 is 0. The number of aliphatic hydroxyl groups excluding tert-OH is 1. The fraction of sp³-hybridized carbons (Fsp3) is 0.167. The van der Waals surface area contributed by atoms with Crippen LogP contribution in [-0.2, 0) is 6.61 Å². The molecule has 0 radical (unpaired) electrons. The summed E-state index contributed by atoms with van der Waals surface area (Å²) in [7, 11) is 0. The summed E-state index contributed by atoms with van der Waals surface area (Å²) in [5.41, 5.74) is 1.57. The summed E-state index contributed by atoms with van der Waals surface area (Å²) in [4.78, 5) is 10.2. The lowest BCUT2D eigenvalue weighted by Gasteiger charge is -2.02. The monoisotopic (exact) mass is 233 g/mol. The summed E-state index contributed by atoms with van der Waals surface area (Å²) in [6.07, 6.45) is 0. The molecule has 0 saturated heterocycles. The zero-order chi connectivity index (χ0) is 12.4. The molecule has 1 heterocycles. The number of hydrogen-bond donors (Lipinski definition) is 1. The Kier molecular flexibility index (Phi) is 2.93. The number of nitro groups is 1. The lowest BCUT2D eigenvalue weighted by Crippen LogP contribution is -1.90. The molecule has 2 aromatic rings. The van der Waals surface area contributed by atoms with Crippen LogP contribution >= 0.6 is 0 Å². The normalized spacial score (nSPS) is 10.5. The minimum Gasteiger partial charge on any atom is -0.459 e. The topological polar surface area (TPSA) is 76.5 Å². The van der Waals surface area contributed by atoms with Crippen LogP contribution in [0.1, 0.15) is 11.3 Å². The summed E-state index contributed by atoms with van der Waals surface area (Å²) in [6, 6.07) is 7.93. The van der Waals surface area contributed by atoms with Crippen molar-refractivity contribution in [2.75, 3.05) is 0 Å². The number of hydrogen-bond acceptors (Lipinski definition) is 4. The molecule has 0 aliphatic heterocycles. The van der Waals surface area contributed by atoms with Crippen molar-refractivity contribution in [1.82, 2.24) is 0 Å². The smallest absolute Gasteiger partial charge is 0.270 e. The SMILES string of the molecule is Cc1ccc([N+](=O)[O-])cc1-c1ccc(CO)o1. The fourth-order valence-corrected chi connectivity index (χ4v) is 1.60. The van der Waals surface area contributed by atoms with Crippen LogP contribution in [0.4, 0.5) is 5.69 Å². The summed E-state index contributed by atoms with van der Waals surface area (Å²) < 4.78 is 5.36. The van der Waals surface area contributed by atoms with Crippen LogP contribution in [0.25, 0.3) is 11.3 Å². The lowest BCUT2D eigenvalue weighted by atomic mass is 10.1. The number of non-ortho nitro benzene ring substituents is 1. The first-order valence-electron chi connectivity index (χ1n) is 5.07. The number of aliphatic hydroxyl groups is 1. The Hall–Kier alpha value is -2.14. The number of aryl methyl sites for hydroxylation is 1. The average Bonchev–Trinajstić information content (AvgIpc) is 2.77. The van der Waals surface area contributed by atoms with Crippen molar-refractivity contribution in [2.24, 2.45) is 0 Å². The first kappa shape index (κ1) is 11.3. The Balaban J connectivity index is 2.49. The van der Waals surface area contributed by atoms with Crippen LogP contribution in [0.15, 0.2) is 34.7 Å². The standard InChI is InChI=1S/C12H11NO4/c1-8-2-3-9(13(15)16)6-11(8)12-5-4-10(7-14)17-12/h2-6,14H,7H2,1H3. The highest BCUT2D eigenvalue weighted by atomic mass is 16.6. The molecule has 5 heteroatoms.